The maximum absolute atomic E-state index is 11.2. The molecule has 1 unspecified atom stereocenters. The molecule has 204 valence electrons. The molecule has 0 aromatic heterocycles. The van der Waals surface area contributed by atoms with Crippen molar-refractivity contribution in [1.29, 1.82) is 0 Å². The van der Waals surface area contributed by atoms with Crippen molar-refractivity contribution in [2.24, 2.45) is 0 Å². The second-order valence-corrected chi connectivity index (χ2v) is 11.6. The molecule has 2 heterocycles. The summed E-state index contributed by atoms with van der Waals surface area (Å²) >= 11 is 1.32. The van der Waals surface area contributed by atoms with E-state index in [1.54, 1.807) is 12.1 Å². The van der Waals surface area contributed by atoms with Crippen molar-refractivity contribution in [1.82, 2.24) is 10.2 Å². The number of nitrogens with zero attached hydrogens (tertiary/aromatic N) is 1. The monoisotopic (exact) mass is 551 g/mol. The Kier molecular flexibility index (Phi) is 7.89. The number of hydrogen-bond acceptors (Lipinski definition) is 7. The summed E-state index contributed by atoms with van der Waals surface area (Å²) in [6.45, 7) is 4.07. The number of phenols is 1. The number of aromatic hydroxyl groups is 1. The van der Waals surface area contributed by atoms with Crippen LogP contribution >= 0.6 is 11.8 Å². The molecule has 6 rings (SSSR count). The molecule has 4 aromatic carbocycles. The molecule has 2 aliphatic rings. The Labute approximate surface area is 239 Å². The van der Waals surface area contributed by atoms with Crippen molar-refractivity contribution < 1.29 is 15.0 Å². The fourth-order valence-corrected chi connectivity index (χ4v) is 6.65. The van der Waals surface area contributed by atoms with Crippen molar-refractivity contribution in [2.75, 3.05) is 18.4 Å². The van der Waals surface area contributed by atoms with E-state index in [0.717, 1.165) is 43.8 Å². The van der Waals surface area contributed by atoms with E-state index < -0.39 is 11.5 Å². The number of carbonyl (C=O) groups is 1. The van der Waals surface area contributed by atoms with Gasteiger partial charge in [-0.1, -0.05) is 84.6 Å². The Balaban J connectivity index is 1.00. The Morgan fingerprint density at radius 3 is 2.48 bits per heavy atom. The molecule has 0 radical (unpaired) electrons. The second kappa shape index (κ2) is 11.9. The van der Waals surface area contributed by atoms with Gasteiger partial charge in [0, 0.05) is 31.1 Å². The molecule has 0 saturated carbocycles. The molecule has 4 N–H and O–H groups in total. The van der Waals surface area contributed by atoms with Gasteiger partial charge in [-0.05, 0) is 64.0 Å². The van der Waals surface area contributed by atoms with Crippen LogP contribution in [0.15, 0.2) is 89.8 Å². The smallest absolute Gasteiger partial charge is 0.152 e. The maximum atomic E-state index is 11.2. The number of phenolic OH excluding ortho intramolecular Hbond substituents is 1. The number of fused-ring (bicyclic) bond motifs is 2. The molecule has 7 heteroatoms. The predicted octanol–water partition coefficient (Wildman–Crippen LogP) is 5.48. The fourth-order valence-electron chi connectivity index (χ4n) is 5.55. The lowest BCUT2D eigenvalue weighted by molar-refractivity contribution is -0.107. The van der Waals surface area contributed by atoms with Crippen LogP contribution in [0.4, 0.5) is 5.69 Å². The fraction of sp³-hybridized carbons (Fsp3) is 0.242. The number of nitrogens with one attached hydrogen (secondary N) is 2. The van der Waals surface area contributed by atoms with Crippen LogP contribution in [0.1, 0.15) is 33.9 Å². The van der Waals surface area contributed by atoms with E-state index in [4.69, 9.17) is 0 Å². The Bertz CT molecular complexity index is 1480. The number of anilines is 1. The van der Waals surface area contributed by atoms with Crippen molar-refractivity contribution in [3.63, 3.8) is 0 Å². The highest BCUT2D eigenvalue weighted by molar-refractivity contribution is 8.01. The number of hydrogen-bond donors (Lipinski definition) is 4. The number of carbonyl (C=O) groups excluding carboxylic acids is 1. The number of aliphatic hydroxyl groups is 1. The van der Waals surface area contributed by atoms with Gasteiger partial charge in [0.25, 0.3) is 0 Å². The van der Waals surface area contributed by atoms with E-state index in [-0.39, 0.29) is 5.75 Å². The Hall–Kier alpha value is -3.62. The average molecular weight is 552 g/mol. The molecule has 0 saturated heterocycles. The SMILES string of the molecule is O=CC1Nc2c(O)ccc([C@@H](O)CNCCc3ccc(-c4cccc(CN5Cc6ccccc6C5)c4)cc3)c2S1. The number of thioether (sulfide) groups is 1. The first-order valence-corrected chi connectivity index (χ1v) is 14.6. The molecule has 0 amide bonds. The molecule has 0 bridgehead atoms. The molecule has 2 atom stereocenters. The summed E-state index contributed by atoms with van der Waals surface area (Å²) in [6.07, 6.45) is 0.909. The van der Waals surface area contributed by atoms with Gasteiger partial charge in [-0.25, -0.2) is 0 Å². The highest BCUT2D eigenvalue weighted by atomic mass is 32.2. The van der Waals surface area contributed by atoms with Crippen LogP contribution in [0.5, 0.6) is 5.75 Å². The number of benzene rings is 4. The summed E-state index contributed by atoms with van der Waals surface area (Å²) in [5, 5.41) is 26.7. The molecular weight excluding hydrogens is 518 g/mol. The minimum Gasteiger partial charge on any atom is -0.506 e. The van der Waals surface area contributed by atoms with E-state index in [0.29, 0.717) is 17.8 Å². The number of rotatable bonds is 10. The van der Waals surface area contributed by atoms with Crippen LogP contribution < -0.4 is 10.6 Å². The highest BCUT2D eigenvalue weighted by Gasteiger charge is 2.28. The van der Waals surface area contributed by atoms with E-state index >= 15 is 0 Å². The minimum atomic E-state index is -0.738. The van der Waals surface area contributed by atoms with E-state index in [1.807, 2.05) is 0 Å². The molecule has 2 aliphatic heterocycles. The minimum absolute atomic E-state index is 0.0866. The van der Waals surface area contributed by atoms with Gasteiger partial charge in [0.05, 0.1) is 11.8 Å². The van der Waals surface area contributed by atoms with Crippen LogP contribution in [0.3, 0.4) is 0 Å². The molecular formula is C33H33N3O3S. The summed E-state index contributed by atoms with van der Waals surface area (Å²) in [5.74, 6) is 0.0866. The van der Waals surface area contributed by atoms with Gasteiger partial charge >= 0.3 is 0 Å². The second-order valence-electron chi connectivity index (χ2n) is 10.5. The molecule has 40 heavy (non-hydrogen) atoms. The molecule has 4 aromatic rings. The molecule has 0 aliphatic carbocycles. The zero-order valence-corrected chi connectivity index (χ0v) is 23.0. The van der Waals surface area contributed by atoms with Crippen LogP contribution in [-0.2, 0) is 30.8 Å². The summed E-state index contributed by atoms with van der Waals surface area (Å²) in [6, 6.07) is 29.5. The van der Waals surface area contributed by atoms with E-state index in [2.05, 4.69) is 88.3 Å². The zero-order chi connectivity index (χ0) is 27.5. The number of aliphatic hydroxyl groups excluding tert-OH is 1. The zero-order valence-electron chi connectivity index (χ0n) is 22.2. The molecule has 6 nitrogen and oxygen atoms in total. The largest absolute Gasteiger partial charge is 0.506 e. The lowest BCUT2D eigenvalue weighted by atomic mass is 10.0. The first-order valence-electron chi connectivity index (χ1n) is 13.7. The third-order valence-electron chi connectivity index (χ3n) is 7.64. The van der Waals surface area contributed by atoms with Gasteiger partial charge < -0.3 is 25.6 Å². The van der Waals surface area contributed by atoms with Gasteiger partial charge in [0.15, 0.2) is 6.29 Å². The average Bonchev–Trinajstić information content (AvgIpc) is 3.60. The summed E-state index contributed by atoms with van der Waals surface area (Å²) in [7, 11) is 0. The number of aldehydes is 1. The lowest BCUT2D eigenvalue weighted by Gasteiger charge is -2.16. The van der Waals surface area contributed by atoms with Gasteiger partial charge in [-0.3, -0.25) is 4.90 Å². The quantitative estimate of drug-likeness (QED) is 0.118. The topological polar surface area (TPSA) is 84.8 Å². The van der Waals surface area contributed by atoms with E-state index in [9.17, 15) is 15.0 Å². The Morgan fingerprint density at radius 2 is 1.73 bits per heavy atom. The molecule has 0 spiro atoms. The van der Waals surface area contributed by atoms with Crippen molar-refractivity contribution >= 4 is 23.7 Å². The van der Waals surface area contributed by atoms with Crippen LogP contribution in [0.25, 0.3) is 11.1 Å². The standard InChI is InChI=1S/C33H33N3O3S/c37-21-31-35-32-29(38)13-12-28(33(32)40-31)30(39)17-34-15-14-22-8-10-24(11-9-22)25-7-3-4-23(16-25)18-36-19-26-5-1-2-6-27(26)20-36/h1-13,16,21,30-31,34-35,38-39H,14-15,17-20H2/t30-,31?/m0/s1. The van der Waals surface area contributed by atoms with Crippen molar-refractivity contribution in [3.05, 3.63) is 113 Å². The maximum Gasteiger partial charge on any atom is 0.152 e. The highest BCUT2D eigenvalue weighted by Crippen LogP contribution is 2.46. The normalized spacial score (nSPS) is 16.8. The first-order chi connectivity index (χ1) is 19.6. The van der Waals surface area contributed by atoms with Crippen LogP contribution in [0.2, 0.25) is 0 Å². The van der Waals surface area contributed by atoms with Gasteiger partial charge in [0.2, 0.25) is 0 Å². The summed E-state index contributed by atoms with van der Waals surface area (Å²) in [4.78, 5) is 14.4. The Morgan fingerprint density at radius 1 is 0.950 bits per heavy atom. The van der Waals surface area contributed by atoms with Crippen molar-refractivity contribution in [2.45, 2.75) is 42.4 Å². The summed E-state index contributed by atoms with van der Waals surface area (Å²) in [5.41, 5.74) is 9.10. The van der Waals surface area contributed by atoms with E-state index in [1.165, 1.54) is 45.1 Å². The van der Waals surface area contributed by atoms with Crippen LogP contribution in [-0.4, -0.2) is 39.9 Å². The third kappa shape index (κ3) is 5.78. The van der Waals surface area contributed by atoms with Crippen LogP contribution in [0, 0.1) is 0 Å². The summed E-state index contributed by atoms with van der Waals surface area (Å²) < 4.78 is 0. The lowest BCUT2D eigenvalue weighted by Crippen LogP contribution is -2.24. The van der Waals surface area contributed by atoms with Gasteiger partial charge in [-0.15, -0.1) is 0 Å². The van der Waals surface area contributed by atoms with Gasteiger partial charge in [-0.2, -0.15) is 0 Å². The van der Waals surface area contributed by atoms with Crippen molar-refractivity contribution in [3.8, 4) is 16.9 Å². The van der Waals surface area contributed by atoms with Gasteiger partial charge in [0.1, 0.15) is 11.1 Å². The first kappa shape index (κ1) is 26.6. The predicted molar refractivity (Wildman–Crippen MR) is 160 cm³/mol. The third-order valence-corrected chi connectivity index (χ3v) is 8.79. The molecule has 0 fully saturated rings.